The highest BCUT2D eigenvalue weighted by molar-refractivity contribution is 9.09. The van der Waals surface area contributed by atoms with E-state index < -0.39 is 22.7 Å². The van der Waals surface area contributed by atoms with E-state index in [9.17, 15) is 18.0 Å². The summed E-state index contributed by atoms with van der Waals surface area (Å²) < 4.78 is 48.3. The summed E-state index contributed by atoms with van der Waals surface area (Å²) in [5.74, 6) is -0.776. The van der Waals surface area contributed by atoms with Gasteiger partial charge in [-0.3, -0.25) is 0 Å². The summed E-state index contributed by atoms with van der Waals surface area (Å²) in [5.41, 5.74) is -0.888. The lowest BCUT2D eigenvalue weighted by Gasteiger charge is -2.13. The van der Waals surface area contributed by atoms with Gasteiger partial charge in [-0.05, 0) is 46.3 Å². The number of alkyl halides is 4. The summed E-state index contributed by atoms with van der Waals surface area (Å²) in [7, 11) is 0. The molecule has 0 spiro atoms. The molecule has 2 aromatic rings. The van der Waals surface area contributed by atoms with E-state index in [0.717, 1.165) is 18.2 Å². The van der Waals surface area contributed by atoms with Crippen molar-refractivity contribution in [1.29, 1.82) is 0 Å². The van der Waals surface area contributed by atoms with Crippen LogP contribution in [-0.4, -0.2) is 16.1 Å². The molecular formula is C15H9BrClF3O4. The van der Waals surface area contributed by atoms with Crippen LogP contribution < -0.4 is 9.47 Å². The van der Waals surface area contributed by atoms with Gasteiger partial charge < -0.3 is 14.6 Å². The van der Waals surface area contributed by atoms with Crippen molar-refractivity contribution in [3.05, 3.63) is 53.1 Å². The fraction of sp³-hybridized carbons (Fsp3) is 0.133. The molecule has 0 saturated carbocycles. The molecule has 0 aliphatic carbocycles. The molecule has 1 unspecified atom stereocenters. The van der Waals surface area contributed by atoms with Crippen molar-refractivity contribution < 1.29 is 32.5 Å². The quantitative estimate of drug-likeness (QED) is 0.658. The maximum absolute atomic E-state index is 12.6. The predicted octanol–water partition coefficient (Wildman–Crippen LogP) is 5.34. The van der Waals surface area contributed by atoms with E-state index in [-0.39, 0.29) is 22.3 Å². The zero-order valence-corrected chi connectivity index (χ0v) is 14.0. The third-order valence-corrected chi connectivity index (χ3v) is 3.60. The van der Waals surface area contributed by atoms with Gasteiger partial charge in [-0.2, -0.15) is 13.2 Å². The van der Waals surface area contributed by atoms with Gasteiger partial charge in [0.05, 0.1) is 10.6 Å². The second-order valence-corrected chi connectivity index (χ2v) is 5.73. The van der Waals surface area contributed by atoms with Gasteiger partial charge in [0.1, 0.15) is 17.2 Å². The molecule has 0 aliphatic heterocycles. The average molecular weight is 426 g/mol. The van der Waals surface area contributed by atoms with Gasteiger partial charge in [0.25, 0.3) is 0 Å². The lowest BCUT2D eigenvalue weighted by molar-refractivity contribution is -0.140. The Balaban J connectivity index is 2.18. The summed E-state index contributed by atoms with van der Waals surface area (Å²) in [5, 5.41) is 7.31. The lowest BCUT2D eigenvalue weighted by atomic mass is 10.2. The lowest BCUT2D eigenvalue weighted by Crippen LogP contribution is -2.19. The molecule has 24 heavy (non-hydrogen) atoms. The van der Waals surface area contributed by atoms with Gasteiger partial charge in [0.15, 0.2) is 0 Å². The van der Waals surface area contributed by atoms with Crippen LogP contribution in [0.4, 0.5) is 13.2 Å². The topological polar surface area (TPSA) is 55.8 Å². The van der Waals surface area contributed by atoms with Crippen LogP contribution in [0.5, 0.6) is 17.2 Å². The molecule has 128 valence electrons. The highest BCUT2D eigenvalue weighted by Gasteiger charge is 2.31. The van der Waals surface area contributed by atoms with E-state index in [4.69, 9.17) is 26.2 Å². The first kappa shape index (κ1) is 18.4. The smallest absolute Gasteiger partial charge is 0.416 e. The molecule has 0 saturated heterocycles. The van der Waals surface area contributed by atoms with E-state index in [1.165, 1.54) is 24.3 Å². The van der Waals surface area contributed by atoms with E-state index in [0.29, 0.717) is 0 Å². The Morgan fingerprint density at radius 1 is 1.17 bits per heavy atom. The Morgan fingerprint density at radius 2 is 1.83 bits per heavy atom. The van der Waals surface area contributed by atoms with Crippen LogP contribution in [0.3, 0.4) is 0 Å². The highest BCUT2D eigenvalue weighted by atomic mass is 79.9. The van der Waals surface area contributed by atoms with Gasteiger partial charge in [-0.1, -0.05) is 17.7 Å². The fourth-order valence-corrected chi connectivity index (χ4v) is 2.10. The van der Waals surface area contributed by atoms with Crippen molar-refractivity contribution in [2.24, 2.45) is 0 Å². The Kier molecular flexibility index (Phi) is 5.61. The maximum atomic E-state index is 12.6. The van der Waals surface area contributed by atoms with Crippen molar-refractivity contribution in [3.8, 4) is 17.2 Å². The Labute approximate surface area is 147 Å². The summed E-state index contributed by atoms with van der Waals surface area (Å²) in [6, 6.07) is 8.64. The van der Waals surface area contributed by atoms with Crippen molar-refractivity contribution in [3.63, 3.8) is 0 Å². The van der Waals surface area contributed by atoms with Crippen LogP contribution in [-0.2, 0) is 11.0 Å². The molecule has 0 bridgehead atoms. The average Bonchev–Trinajstić information content (AvgIpc) is 2.48. The first-order valence-electron chi connectivity index (χ1n) is 6.35. The number of hydrogen-bond donors (Lipinski definition) is 1. The van der Waals surface area contributed by atoms with E-state index >= 15 is 0 Å². The monoisotopic (exact) mass is 424 g/mol. The molecule has 0 fully saturated rings. The first-order valence-corrected chi connectivity index (χ1v) is 7.64. The molecule has 2 rings (SSSR count). The second-order valence-electron chi connectivity index (χ2n) is 4.49. The van der Waals surface area contributed by atoms with Crippen LogP contribution in [0, 0.1) is 0 Å². The molecule has 1 N–H and O–H groups in total. The molecule has 4 nitrogen and oxygen atoms in total. The molecule has 0 radical (unpaired) electrons. The zero-order valence-electron chi connectivity index (χ0n) is 11.7. The van der Waals surface area contributed by atoms with E-state index in [1.807, 2.05) is 0 Å². The van der Waals surface area contributed by atoms with Gasteiger partial charge in [-0.25, -0.2) is 4.79 Å². The van der Waals surface area contributed by atoms with Gasteiger partial charge >= 0.3 is 12.1 Å². The Morgan fingerprint density at radius 3 is 2.42 bits per heavy atom. The van der Waals surface area contributed by atoms with Crippen molar-refractivity contribution in [2.75, 3.05) is 0 Å². The van der Waals surface area contributed by atoms with Crippen LogP contribution in [0.2, 0.25) is 5.02 Å². The van der Waals surface area contributed by atoms with E-state index in [1.54, 1.807) is 0 Å². The van der Waals surface area contributed by atoms with Crippen LogP contribution >= 0.6 is 27.5 Å². The van der Waals surface area contributed by atoms with E-state index in [2.05, 4.69) is 15.9 Å². The number of carbonyl (C=O) groups is 1. The highest BCUT2D eigenvalue weighted by Crippen LogP contribution is 2.36. The number of aliphatic carboxylic acids is 1. The number of ether oxygens (including phenoxy) is 2. The fourth-order valence-electron chi connectivity index (χ4n) is 1.67. The molecule has 0 amide bonds. The molecule has 0 heterocycles. The van der Waals surface area contributed by atoms with Crippen molar-refractivity contribution in [1.82, 2.24) is 0 Å². The largest absolute Gasteiger partial charge is 0.478 e. The standard InChI is InChI=1S/C15H9BrClF3O4/c16-13(14(21)22)24-10-3-1-2-9(7-10)23-12-5-4-8(6-11(12)17)15(18,19)20/h1-7,13H,(H,21,22). The maximum Gasteiger partial charge on any atom is 0.416 e. The SMILES string of the molecule is O=C(O)C(Br)Oc1cccc(Oc2ccc(C(F)(F)F)cc2Cl)c1. The summed E-state index contributed by atoms with van der Waals surface area (Å²) in [6.45, 7) is 0. The number of benzene rings is 2. The number of carboxylic acid groups (broad SMARTS) is 1. The van der Waals surface area contributed by atoms with Gasteiger partial charge in [-0.15, -0.1) is 0 Å². The molecule has 0 aromatic heterocycles. The van der Waals surface area contributed by atoms with Crippen molar-refractivity contribution >= 4 is 33.5 Å². The summed E-state index contributed by atoms with van der Waals surface area (Å²) in [4.78, 5) is 10.7. The predicted molar refractivity (Wildman–Crippen MR) is 83.9 cm³/mol. The van der Waals surface area contributed by atoms with Gasteiger partial charge in [0, 0.05) is 6.07 Å². The minimum Gasteiger partial charge on any atom is -0.478 e. The number of hydrogen-bond acceptors (Lipinski definition) is 3. The number of carboxylic acids is 1. The third kappa shape index (κ3) is 4.78. The minimum atomic E-state index is -4.50. The van der Waals surface area contributed by atoms with Crippen LogP contribution in [0.1, 0.15) is 5.56 Å². The molecule has 9 heteroatoms. The third-order valence-electron chi connectivity index (χ3n) is 2.73. The van der Waals surface area contributed by atoms with Gasteiger partial charge in [0.2, 0.25) is 5.01 Å². The minimum absolute atomic E-state index is 0.0236. The zero-order chi connectivity index (χ0) is 17.9. The molecule has 1 atom stereocenters. The number of rotatable bonds is 5. The summed E-state index contributed by atoms with van der Waals surface area (Å²) >= 11 is 8.63. The van der Waals surface area contributed by atoms with Crippen LogP contribution in [0.25, 0.3) is 0 Å². The normalized spacial score (nSPS) is 12.5. The molecule has 0 aliphatic rings. The Bertz CT molecular complexity index is 752. The van der Waals surface area contributed by atoms with Crippen molar-refractivity contribution in [2.45, 2.75) is 11.2 Å². The molecular weight excluding hydrogens is 417 g/mol. The number of halogens is 5. The van der Waals surface area contributed by atoms with Crippen LogP contribution in [0.15, 0.2) is 42.5 Å². The second kappa shape index (κ2) is 7.31. The summed E-state index contributed by atoms with van der Waals surface area (Å²) in [6.07, 6.45) is -4.50. The molecule has 2 aromatic carbocycles. The Hall–Kier alpha value is -1.93. The first-order chi connectivity index (χ1) is 11.2.